The Balaban J connectivity index is 2.30. The Labute approximate surface area is 116 Å². The van der Waals surface area contributed by atoms with Crippen molar-refractivity contribution in [2.24, 2.45) is 11.5 Å². The monoisotopic (exact) mass is 278 g/mol. The summed E-state index contributed by atoms with van der Waals surface area (Å²) in [5, 5.41) is 0.495. The number of carbonyl (C=O) groups is 2. The molecule has 0 aromatic heterocycles. The summed E-state index contributed by atoms with van der Waals surface area (Å²) in [7, 11) is 0. The lowest BCUT2D eigenvalue weighted by molar-refractivity contribution is 0.0965. The van der Waals surface area contributed by atoms with Gasteiger partial charge in [0, 0.05) is 10.1 Å². The fourth-order valence-corrected chi connectivity index (χ4v) is 3.87. The van der Waals surface area contributed by atoms with E-state index < -0.39 is 11.8 Å². The van der Waals surface area contributed by atoms with Gasteiger partial charge in [-0.15, -0.1) is 11.8 Å². The molecule has 1 aromatic carbocycles. The Morgan fingerprint density at radius 1 is 1.05 bits per heavy atom. The number of hydrogen-bond donors (Lipinski definition) is 2. The van der Waals surface area contributed by atoms with Crippen LogP contribution in [-0.4, -0.2) is 17.1 Å². The molecule has 0 aliphatic heterocycles. The van der Waals surface area contributed by atoms with Crippen molar-refractivity contribution in [1.82, 2.24) is 0 Å². The highest BCUT2D eigenvalue weighted by molar-refractivity contribution is 8.00. The Morgan fingerprint density at radius 3 is 2.32 bits per heavy atom. The Bertz CT molecular complexity index is 496. The molecule has 2 amide bonds. The summed E-state index contributed by atoms with van der Waals surface area (Å²) in [5.74, 6) is -1.20. The molecule has 19 heavy (non-hydrogen) atoms. The number of nitrogens with two attached hydrogens (primary N) is 2. The lowest BCUT2D eigenvalue weighted by atomic mass is 10.0. The van der Waals surface area contributed by atoms with E-state index in [1.165, 1.54) is 19.3 Å². The Hall–Kier alpha value is -1.49. The lowest BCUT2D eigenvalue weighted by Gasteiger charge is -2.22. The molecule has 1 aliphatic carbocycles. The number of amides is 2. The minimum Gasteiger partial charge on any atom is -0.366 e. The van der Waals surface area contributed by atoms with Gasteiger partial charge in [-0.2, -0.15) is 0 Å². The van der Waals surface area contributed by atoms with Crippen molar-refractivity contribution in [3.8, 4) is 0 Å². The van der Waals surface area contributed by atoms with Crippen molar-refractivity contribution in [1.29, 1.82) is 0 Å². The van der Waals surface area contributed by atoms with E-state index in [1.54, 1.807) is 23.9 Å². The number of thioether (sulfide) groups is 1. The molecule has 1 saturated carbocycles. The number of rotatable bonds is 4. The van der Waals surface area contributed by atoms with E-state index in [1.807, 2.05) is 6.07 Å². The fourth-order valence-electron chi connectivity index (χ4n) is 2.45. The summed E-state index contributed by atoms with van der Waals surface area (Å²) in [6, 6.07) is 5.14. The van der Waals surface area contributed by atoms with Gasteiger partial charge < -0.3 is 11.5 Å². The molecular weight excluding hydrogens is 260 g/mol. The van der Waals surface area contributed by atoms with Gasteiger partial charge in [0.15, 0.2) is 0 Å². The topological polar surface area (TPSA) is 86.2 Å². The van der Waals surface area contributed by atoms with E-state index in [0.717, 1.165) is 17.7 Å². The standard InChI is InChI=1S/C14H18N2O2S/c15-13(17)10-7-4-8-11(12(10)14(16)18)19-9-5-2-1-3-6-9/h4,7-9H,1-3,5-6H2,(H2,15,17)(H2,16,18). The molecule has 5 heteroatoms. The second-order valence-electron chi connectivity index (χ2n) is 4.79. The minimum absolute atomic E-state index is 0.216. The highest BCUT2D eigenvalue weighted by Crippen LogP contribution is 2.36. The first kappa shape index (κ1) is 13.9. The van der Waals surface area contributed by atoms with Gasteiger partial charge in [0.25, 0.3) is 5.91 Å². The van der Waals surface area contributed by atoms with Crippen molar-refractivity contribution in [2.45, 2.75) is 42.2 Å². The van der Waals surface area contributed by atoms with Crippen LogP contribution in [0.25, 0.3) is 0 Å². The zero-order valence-electron chi connectivity index (χ0n) is 10.7. The van der Waals surface area contributed by atoms with Gasteiger partial charge in [0.05, 0.1) is 11.1 Å². The molecule has 102 valence electrons. The van der Waals surface area contributed by atoms with E-state index in [-0.39, 0.29) is 11.1 Å². The Kier molecular flexibility index (Phi) is 4.47. The van der Waals surface area contributed by atoms with Crippen LogP contribution < -0.4 is 11.5 Å². The zero-order valence-corrected chi connectivity index (χ0v) is 11.5. The molecule has 4 N–H and O–H groups in total. The van der Waals surface area contributed by atoms with E-state index in [0.29, 0.717) is 5.25 Å². The van der Waals surface area contributed by atoms with Crippen LogP contribution in [0.15, 0.2) is 23.1 Å². The second kappa shape index (κ2) is 6.10. The third-order valence-electron chi connectivity index (χ3n) is 3.38. The van der Waals surface area contributed by atoms with Gasteiger partial charge in [-0.05, 0) is 25.0 Å². The quantitative estimate of drug-likeness (QED) is 0.886. The largest absolute Gasteiger partial charge is 0.366 e. The second-order valence-corrected chi connectivity index (χ2v) is 6.13. The van der Waals surface area contributed by atoms with Crippen molar-refractivity contribution in [2.75, 3.05) is 0 Å². The van der Waals surface area contributed by atoms with Crippen LogP contribution in [-0.2, 0) is 0 Å². The fraction of sp³-hybridized carbons (Fsp3) is 0.429. The number of benzene rings is 1. The summed E-state index contributed by atoms with van der Waals surface area (Å²) in [6.07, 6.45) is 6.01. The van der Waals surface area contributed by atoms with Crippen LogP contribution in [0.1, 0.15) is 52.8 Å². The summed E-state index contributed by atoms with van der Waals surface area (Å²) in [4.78, 5) is 23.7. The molecule has 0 unspecified atom stereocenters. The average Bonchev–Trinajstić information content (AvgIpc) is 2.39. The van der Waals surface area contributed by atoms with E-state index in [2.05, 4.69) is 0 Å². The van der Waals surface area contributed by atoms with Crippen molar-refractivity contribution in [3.05, 3.63) is 29.3 Å². The van der Waals surface area contributed by atoms with Crippen LogP contribution in [0.3, 0.4) is 0 Å². The molecule has 0 bridgehead atoms. The van der Waals surface area contributed by atoms with Gasteiger partial charge in [0.2, 0.25) is 5.91 Å². The van der Waals surface area contributed by atoms with Gasteiger partial charge in [-0.3, -0.25) is 9.59 Å². The number of primary amides is 2. The molecule has 1 aromatic rings. The van der Waals surface area contributed by atoms with Crippen LogP contribution in [0.4, 0.5) is 0 Å². The molecule has 1 fully saturated rings. The molecule has 0 heterocycles. The normalized spacial score (nSPS) is 16.2. The van der Waals surface area contributed by atoms with E-state index in [4.69, 9.17) is 11.5 Å². The minimum atomic E-state index is -0.611. The van der Waals surface area contributed by atoms with Crippen LogP contribution >= 0.6 is 11.8 Å². The predicted molar refractivity (Wildman–Crippen MR) is 76.2 cm³/mol. The molecule has 1 aliphatic rings. The van der Waals surface area contributed by atoms with Gasteiger partial charge in [0.1, 0.15) is 0 Å². The SMILES string of the molecule is NC(=O)c1cccc(SC2CCCCC2)c1C(N)=O. The molecule has 0 spiro atoms. The van der Waals surface area contributed by atoms with Crippen LogP contribution in [0.5, 0.6) is 0 Å². The summed E-state index contributed by atoms with van der Waals surface area (Å²) >= 11 is 1.64. The molecule has 0 radical (unpaired) electrons. The first-order valence-electron chi connectivity index (χ1n) is 6.49. The van der Waals surface area contributed by atoms with Gasteiger partial charge in [-0.1, -0.05) is 25.3 Å². The van der Waals surface area contributed by atoms with E-state index >= 15 is 0 Å². The van der Waals surface area contributed by atoms with Crippen LogP contribution in [0, 0.1) is 0 Å². The third-order valence-corrected chi connectivity index (χ3v) is 4.78. The first-order chi connectivity index (χ1) is 9.09. The highest BCUT2D eigenvalue weighted by atomic mass is 32.2. The van der Waals surface area contributed by atoms with Crippen molar-refractivity contribution < 1.29 is 9.59 Å². The molecule has 4 nitrogen and oxygen atoms in total. The van der Waals surface area contributed by atoms with Gasteiger partial charge in [-0.25, -0.2) is 0 Å². The lowest BCUT2D eigenvalue weighted by Crippen LogP contribution is -2.22. The third kappa shape index (κ3) is 3.29. The summed E-state index contributed by atoms with van der Waals surface area (Å²) in [6.45, 7) is 0. The maximum Gasteiger partial charge on any atom is 0.250 e. The molecular formula is C14H18N2O2S. The van der Waals surface area contributed by atoms with Crippen LogP contribution in [0.2, 0.25) is 0 Å². The maximum absolute atomic E-state index is 11.6. The zero-order chi connectivity index (χ0) is 13.8. The molecule has 2 rings (SSSR count). The summed E-state index contributed by atoms with van der Waals surface area (Å²) in [5.41, 5.74) is 11.2. The van der Waals surface area contributed by atoms with Crippen molar-refractivity contribution in [3.63, 3.8) is 0 Å². The van der Waals surface area contributed by atoms with Crippen molar-refractivity contribution >= 4 is 23.6 Å². The number of carbonyl (C=O) groups excluding carboxylic acids is 2. The molecule has 0 saturated heterocycles. The predicted octanol–water partition coefficient (Wildman–Crippen LogP) is 2.31. The summed E-state index contributed by atoms with van der Waals surface area (Å²) < 4.78 is 0. The van der Waals surface area contributed by atoms with Gasteiger partial charge >= 0.3 is 0 Å². The van der Waals surface area contributed by atoms with E-state index in [9.17, 15) is 9.59 Å². The molecule has 0 atom stereocenters. The maximum atomic E-state index is 11.6. The number of hydrogen-bond acceptors (Lipinski definition) is 3. The first-order valence-corrected chi connectivity index (χ1v) is 7.37. The smallest absolute Gasteiger partial charge is 0.250 e. The average molecular weight is 278 g/mol. The highest BCUT2D eigenvalue weighted by Gasteiger charge is 2.21. The Morgan fingerprint density at radius 2 is 1.74 bits per heavy atom.